The number of rotatable bonds is 4. The first kappa shape index (κ1) is 13.2. The molecule has 0 fully saturated rings. The van der Waals surface area contributed by atoms with Crippen LogP contribution in [0.25, 0.3) is 0 Å². The summed E-state index contributed by atoms with van der Waals surface area (Å²) in [6, 6.07) is 12.5. The average molecular weight is 358 g/mol. The summed E-state index contributed by atoms with van der Waals surface area (Å²) < 4.78 is 23.5. The van der Waals surface area contributed by atoms with E-state index in [2.05, 4.69) is 4.99 Å². The molecule has 0 amide bonds. The molecule has 0 saturated heterocycles. The van der Waals surface area contributed by atoms with Crippen molar-refractivity contribution in [3.8, 4) is 0 Å². The lowest BCUT2D eigenvalue weighted by atomic mass is 10.3. The van der Waals surface area contributed by atoms with Crippen LogP contribution < -0.4 is 10.6 Å². The fraction of sp³-hybridized carbons (Fsp3) is 0.188. The van der Waals surface area contributed by atoms with Gasteiger partial charge in [0, 0.05) is 26.6 Å². The van der Waals surface area contributed by atoms with Crippen LogP contribution in [0, 0.1) is 0 Å². The fourth-order valence-corrected chi connectivity index (χ4v) is 2.81. The summed E-state index contributed by atoms with van der Waals surface area (Å²) >= 11 is 9.23. The van der Waals surface area contributed by atoms with Crippen molar-refractivity contribution >= 4 is 52.5 Å². The summed E-state index contributed by atoms with van der Waals surface area (Å²) in [4.78, 5) is 7.20. The van der Waals surface area contributed by atoms with Crippen LogP contribution in [0.2, 0.25) is 5.02 Å². The minimum atomic E-state index is -2.48. The first-order chi connectivity index (χ1) is 11.8. The van der Waals surface area contributed by atoms with E-state index in [1.165, 1.54) is 23.5 Å². The van der Waals surface area contributed by atoms with E-state index in [1.807, 2.05) is 24.6 Å². The van der Waals surface area contributed by atoms with Gasteiger partial charge in [-0.1, -0.05) is 17.7 Å². The summed E-state index contributed by atoms with van der Waals surface area (Å²) in [5.41, 5.74) is 6.94. The van der Waals surface area contributed by atoms with Crippen molar-refractivity contribution in [1.82, 2.24) is 0 Å². The molecule has 116 valence electrons. The Balaban J connectivity index is 2.51. The monoisotopic (exact) mass is 357 g/mol. The Bertz CT molecular complexity index is 781. The smallest absolute Gasteiger partial charge is 0.200 e. The van der Waals surface area contributed by atoms with Gasteiger partial charge in [-0.15, -0.1) is 23.5 Å². The number of nitrogens with zero attached hydrogens (tertiary/aromatic N) is 2. The highest BCUT2D eigenvalue weighted by Gasteiger charge is 2.08. The van der Waals surface area contributed by atoms with Gasteiger partial charge in [0.1, 0.15) is 0 Å². The number of halogens is 1. The van der Waals surface area contributed by atoms with Crippen LogP contribution in [0.5, 0.6) is 0 Å². The van der Waals surface area contributed by atoms with Gasteiger partial charge in [0.25, 0.3) is 0 Å². The summed E-state index contributed by atoms with van der Waals surface area (Å²) in [6.07, 6.45) is 3.85. The molecule has 0 atom stereocenters. The third kappa shape index (κ3) is 4.12. The number of hydrogen-bond acceptors (Lipinski definition) is 3. The minimum absolute atomic E-state index is 0.140. The van der Waals surface area contributed by atoms with Gasteiger partial charge < -0.3 is 10.6 Å². The number of nitrogens with two attached hydrogens (primary N) is 1. The van der Waals surface area contributed by atoms with Gasteiger partial charge in [0.15, 0.2) is 0 Å². The maximum atomic E-state index is 7.84. The Morgan fingerprint density at radius 2 is 1.91 bits per heavy atom. The van der Waals surface area contributed by atoms with Gasteiger partial charge in [0.05, 0.1) is 10.7 Å². The molecule has 3 nitrogen and oxygen atoms in total. The Kier molecular flexibility index (Phi) is 4.67. The second-order valence-electron chi connectivity index (χ2n) is 4.32. The van der Waals surface area contributed by atoms with E-state index in [9.17, 15) is 0 Å². The predicted octanol–water partition coefficient (Wildman–Crippen LogP) is 4.87. The molecule has 2 aromatic carbocycles. The molecule has 0 bridgehead atoms. The number of hydrogen-bond donors (Lipinski definition) is 1. The van der Waals surface area contributed by atoms with Crippen molar-refractivity contribution in [3.63, 3.8) is 0 Å². The van der Waals surface area contributed by atoms with Crippen LogP contribution in [0.3, 0.4) is 0 Å². The molecular formula is C16H18ClN3S2. The van der Waals surface area contributed by atoms with Crippen LogP contribution in [-0.4, -0.2) is 25.4 Å². The fourth-order valence-electron chi connectivity index (χ4n) is 1.76. The van der Waals surface area contributed by atoms with Crippen LogP contribution in [-0.2, 0) is 0 Å². The quantitative estimate of drug-likeness (QED) is 0.481. The van der Waals surface area contributed by atoms with Crippen molar-refractivity contribution in [3.05, 3.63) is 47.5 Å². The Labute approximate surface area is 149 Å². The van der Waals surface area contributed by atoms with E-state index in [1.54, 1.807) is 30.3 Å². The van der Waals surface area contributed by atoms with Crippen LogP contribution in [0.4, 0.5) is 11.4 Å². The normalized spacial score (nSPS) is 14.1. The van der Waals surface area contributed by atoms with Crippen molar-refractivity contribution in [1.29, 1.82) is 0 Å². The van der Waals surface area contributed by atoms with E-state index < -0.39 is 6.98 Å². The highest BCUT2D eigenvalue weighted by molar-refractivity contribution is 7.98. The van der Waals surface area contributed by atoms with Crippen molar-refractivity contribution in [2.45, 2.75) is 9.79 Å². The van der Waals surface area contributed by atoms with Crippen molar-refractivity contribution in [2.24, 2.45) is 10.7 Å². The van der Waals surface area contributed by atoms with E-state index in [0.717, 1.165) is 14.7 Å². The molecule has 0 aliphatic rings. The zero-order valence-electron chi connectivity index (χ0n) is 15.2. The second-order valence-corrected chi connectivity index (χ2v) is 6.49. The SMILES string of the molecule is [3H]C([3H])([3H])N(C(N)=Nc1cc(SC)ccc1Cl)c1cccc(SC)c1. The van der Waals surface area contributed by atoms with Gasteiger partial charge in [-0.3, -0.25) is 0 Å². The molecule has 0 aliphatic carbocycles. The van der Waals surface area contributed by atoms with Crippen LogP contribution in [0.15, 0.2) is 57.2 Å². The zero-order valence-corrected chi connectivity index (χ0v) is 14.6. The standard InChI is InChI=1S/C16H18ClN3S2/c1-20(11-5-4-6-12(9-11)21-2)16(18)19-15-10-13(22-3)7-8-14(15)17/h4-10H,1-3H3,(H2,18,19)/i1T3. The Morgan fingerprint density at radius 1 is 1.18 bits per heavy atom. The summed E-state index contributed by atoms with van der Waals surface area (Å²) in [7, 11) is 0. The molecule has 0 saturated carbocycles. The summed E-state index contributed by atoms with van der Waals surface area (Å²) in [5.74, 6) is -0.140. The van der Waals surface area contributed by atoms with Gasteiger partial charge in [0.2, 0.25) is 5.96 Å². The third-order valence-electron chi connectivity index (χ3n) is 2.93. The molecule has 0 spiro atoms. The molecule has 0 aliphatic heterocycles. The molecule has 2 rings (SSSR count). The van der Waals surface area contributed by atoms with Crippen LogP contribution in [0.1, 0.15) is 4.11 Å². The van der Waals surface area contributed by atoms with E-state index >= 15 is 0 Å². The Morgan fingerprint density at radius 3 is 2.59 bits per heavy atom. The summed E-state index contributed by atoms with van der Waals surface area (Å²) in [6.45, 7) is -2.48. The Hall–Kier alpha value is -1.30. The molecule has 0 aromatic heterocycles. The number of guanidine groups is 1. The van der Waals surface area contributed by atoms with Gasteiger partial charge in [-0.2, -0.15) is 0 Å². The van der Waals surface area contributed by atoms with Crippen LogP contribution >= 0.6 is 35.1 Å². The van der Waals surface area contributed by atoms with Gasteiger partial charge >= 0.3 is 0 Å². The van der Waals surface area contributed by atoms with Gasteiger partial charge in [-0.25, -0.2) is 4.99 Å². The number of aliphatic imine (C=N–C) groups is 1. The maximum absolute atomic E-state index is 7.84. The molecule has 22 heavy (non-hydrogen) atoms. The summed E-state index contributed by atoms with van der Waals surface area (Å²) in [5, 5.41) is 0.407. The number of benzene rings is 2. The second kappa shape index (κ2) is 7.81. The van der Waals surface area contributed by atoms with Crippen molar-refractivity contribution < 1.29 is 4.11 Å². The van der Waals surface area contributed by atoms with Gasteiger partial charge in [-0.05, 0) is 48.9 Å². The molecule has 0 radical (unpaired) electrons. The lowest BCUT2D eigenvalue weighted by Gasteiger charge is -2.19. The molecule has 0 unspecified atom stereocenters. The molecule has 0 heterocycles. The largest absolute Gasteiger partial charge is 0.369 e. The average Bonchev–Trinajstić information content (AvgIpc) is 2.56. The third-order valence-corrected chi connectivity index (χ3v) is 4.70. The number of thioether (sulfide) groups is 2. The van der Waals surface area contributed by atoms with E-state index in [-0.39, 0.29) is 5.96 Å². The molecule has 6 heteroatoms. The lowest BCUT2D eigenvalue weighted by Crippen LogP contribution is -2.33. The van der Waals surface area contributed by atoms with E-state index in [4.69, 9.17) is 21.4 Å². The number of anilines is 1. The zero-order chi connectivity index (χ0) is 18.6. The highest BCUT2D eigenvalue weighted by atomic mass is 35.5. The highest BCUT2D eigenvalue weighted by Crippen LogP contribution is 2.30. The van der Waals surface area contributed by atoms with Crippen molar-refractivity contribution in [2.75, 3.05) is 24.4 Å². The first-order valence-electron chi connectivity index (χ1n) is 7.88. The first-order valence-corrected chi connectivity index (χ1v) is 9.21. The minimum Gasteiger partial charge on any atom is -0.369 e. The molecule has 2 N–H and O–H groups in total. The predicted molar refractivity (Wildman–Crippen MR) is 101 cm³/mol. The lowest BCUT2D eigenvalue weighted by molar-refractivity contribution is 1.20. The molecule has 2 aromatic rings. The topological polar surface area (TPSA) is 41.6 Å². The maximum Gasteiger partial charge on any atom is 0.200 e. The van der Waals surface area contributed by atoms with E-state index in [0.29, 0.717) is 16.4 Å². The molecular weight excluding hydrogens is 334 g/mol.